The summed E-state index contributed by atoms with van der Waals surface area (Å²) in [6, 6.07) is 0.390. The molecule has 1 saturated heterocycles. The number of H-pyrrole nitrogens is 1. The number of fused-ring (bicyclic) bond motifs is 2. The van der Waals surface area contributed by atoms with Gasteiger partial charge in [0.1, 0.15) is 5.82 Å². The molecule has 2 fully saturated rings. The third-order valence-electron chi connectivity index (χ3n) is 4.27. The molecule has 0 amide bonds. The van der Waals surface area contributed by atoms with Crippen molar-refractivity contribution in [2.45, 2.75) is 37.8 Å². The standard InChI is InChI=1S/C13H16ClN5O/c14-13-16-11-8(7-15-18-11)12(17-13)19-5-6-20-10-4-2-1-3-9(10)19/h7,9-10H,1-6H2,(H,15,16,17,18). The van der Waals surface area contributed by atoms with Crippen LogP contribution in [0.1, 0.15) is 25.7 Å². The summed E-state index contributed by atoms with van der Waals surface area (Å²) in [6.45, 7) is 1.58. The highest BCUT2D eigenvalue weighted by atomic mass is 35.5. The van der Waals surface area contributed by atoms with Gasteiger partial charge in [-0.2, -0.15) is 15.1 Å². The zero-order chi connectivity index (χ0) is 13.5. The number of anilines is 1. The largest absolute Gasteiger partial charge is 0.374 e. The first-order chi connectivity index (χ1) is 9.83. The Labute approximate surface area is 121 Å². The van der Waals surface area contributed by atoms with Gasteiger partial charge in [0.15, 0.2) is 5.65 Å². The van der Waals surface area contributed by atoms with Crippen LogP contribution in [0.15, 0.2) is 6.20 Å². The summed E-state index contributed by atoms with van der Waals surface area (Å²) in [4.78, 5) is 11.0. The van der Waals surface area contributed by atoms with E-state index in [0.717, 1.165) is 37.2 Å². The average molecular weight is 294 g/mol. The highest BCUT2D eigenvalue weighted by Crippen LogP contribution is 2.34. The summed E-state index contributed by atoms with van der Waals surface area (Å²) in [6.07, 6.45) is 6.86. The van der Waals surface area contributed by atoms with Gasteiger partial charge in [-0.3, -0.25) is 5.10 Å². The van der Waals surface area contributed by atoms with Crippen LogP contribution in [0.3, 0.4) is 0 Å². The van der Waals surface area contributed by atoms with Gasteiger partial charge in [-0.05, 0) is 24.4 Å². The molecule has 2 aromatic heterocycles. The molecule has 0 bridgehead atoms. The number of aromatic nitrogens is 4. The second-order valence-corrected chi connectivity index (χ2v) is 5.74. The van der Waals surface area contributed by atoms with Crippen LogP contribution in [-0.2, 0) is 4.74 Å². The molecule has 1 aliphatic heterocycles. The average Bonchev–Trinajstić information content (AvgIpc) is 2.94. The van der Waals surface area contributed by atoms with Crippen molar-refractivity contribution in [3.63, 3.8) is 0 Å². The molecule has 106 valence electrons. The van der Waals surface area contributed by atoms with Crippen LogP contribution in [0.25, 0.3) is 11.0 Å². The Hall–Kier alpha value is -1.40. The van der Waals surface area contributed by atoms with Crippen LogP contribution in [0.5, 0.6) is 0 Å². The maximum Gasteiger partial charge on any atom is 0.226 e. The van der Waals surface area contributed by atoms with E-state index in [1.807, 2.05) is 0 Å². The molecule has 3 heterocycles. The molecule has 0 spiro atoms. The predicted molar refractivity (Wildman–Crippen MR) is 76.0 cm³/mol. The number of hydrogen-bond acceptors (Lipinski definition) is 5. The summed E-state index contributed by atoms with van der Waals surface area (Å²) in [5, 5.41) is 8.12. The summed E-state index contributed by atoms with van der Waals surface area (Å²) in [5.74, 6) is 0.883. The monoisotopic (exact) mass is 293 g/mol. The SMILES string of the molecule is Clc1nc(N2CCOC3CCCCC32)c2cn[nH]c2n1. The van der Waals surface area contributed by atoms with E-state index in [2.05, 4.69) is 25.1 Å². The Balaban J connectivity index is 1.79. The third kappa shape index (κ3) is 1.94. The molecule has 4 rings (SSSR count). The lowest BCUT2D eigenvalue weighted by Crippen LogP contribution is -2.53. The van der Waals surface area contributed by atoms with Crippen LogP contribution in [0.4, 0.5) is 5.82 Å². The summed E-state index contributed by atoms with van der Waals surface area (Å²) in [5.41, 5.74) is 0.693. The number of hydrogen-bond donors (Lipinski definition) is 1. The van der Waals surface area contributed by atoms with Crippen molar-refractivity contribution in [3.05, 3.63) is 11.5 Å². The number of morpholine rings is 1. The van der Waals surface area contributed by atoms with Crippen LogP contribution in [0.2, 0.25) is 5.28 Å². The lowest BCUT2D eigenvalue weighted by Gasteiger charge is -2.44. The first-order valence-corrected chi connectivity index (χ1v) is 7.45. The van der Waals surface area contributed by atoms with Gasteiger partial charge in [0.25, 0.3) is 0 Å². The molecule has 6 nitrogen and oxygen atoms in total. The van der Waals surface area contributed by atoms with E-state index in [0.29, 0.717) is 17.8 Å². The highest BCUT2D eigenvalue weighted by Gasteiger charge is 2.35. The van der Waals surface area contributed by atoms with Crippen molar-refractivity contribution in [2.75, 3.05) is 18.1 Å². The molecular weight excluding hydrogens is 278 g/mol. The van der Waals surface area contributed by atoms with Gasteiger partial charge in [-0.15, -0.1) is 0 Å². The quantitative estimate of drug-likeness (QED) is 0.816. The zero-order valence-electron chi connectivity index (χ0n) is 11.0. The molecule has 2 aromatic rings. The Morgan fingerprint density at radius 1 is 1.30 bits per heavy atom. The maximum absolute atomic E-state index is 6.05. The minimum absolute atomic E-state index is 0.260. The fourth-order valence-corrected chi connectivity index (χ4v) is 3.54. The van der Waals surface area contributed by atoms with E-state index in [-0.39, 0.29) is 5.28 Å². The first-order valence-electron chi connectivity index (χ1n) is 7.08. The van der Waals surface area contributed by atoms with E-state index in [4.69, 9.17) is 16.3 Å². The Bertz CT molecular complexity index is 628. The van der Waals surface area contributed by atoms with Gasteiger partial charge >= 0.3 is 0 Å². The number of rotatable bonds is 1. The summed E-state index contributed by atoms with van der Waals surface area (Å²) in [7, 11) is 0. The van der Waals surface area contributed by atoms with E-state index < -0.39 is 0 Å². The van der Waals surface area contributed by atoms with Crippen LogP contribution < -0.4 is 4.90 Å². The van der Waals surface area contributed by atoms with Gasteiger partial charge in [0, 0.05) is 6.54 Å². The molecule has 1 saturated carbocycles. The fraction of sp³-hybridized carbons (Fsp3) is 0.615. The first kappa shape index (κ1) is 12.3. The topological polar surface area (TPSA) is 66.9 Å². The molecule has 7 heteroatoms. The number of halogens is 1. The third-order valence-corrected chi connectivity index (χ3v) is 4.44. The van der Waals surface area contributed by atoms with E-state index >= 15 is 0 Å². The molecular formula is C13H16ClN5O. The van der Waals surface area contributed by atoms with Crippen molar-refractivity contribution >= 4 is 28.5 Å². The van der Waals surface area contributed by atoms with Crippen molar-refractivity contribution in [2.24, 2.45) is 0 Å². The van der Waals surface area contributed by atoms with Crippen molar-refractivity contribution < 1.29 is 4.74 Å². The molecule has 2 atom stereocenters. The zero-order valence-corrected chi connectivity index (χ0v) is 11.8. The lowest BCUT2D eigenvalue weighted by molar-refractivity contribution is -0.00887. The fourth-order valence-electron chi connectivity index (χ4n) is 3.37. The molecule has 1 aliphatic carbocycles. The Morgan fingerprint density at radius 3 is 3.15 bits per heavy atom. The Morgan fingerprint density at radius 2 is 2.20 bits per heavy atom. The molecule has 2 aliphatic rings. The smallest absolute Gasteiger partial charge is 0.226 e. The van der Waals surface area contributed by atoms with Crippen molar-refractivity contribution in [1.29, 1.82) is 0 Å². The van der Waals surface area contributed by atoms with Gasteiger partial charge in [0.2, 0.25) is 5.28 Å². The van der Waals surface area contributed by atoms with Crippen LogP contribution in [-0.4, -0.2) is 45.5 Å². The lowest BCUT2D eigenvalue weighted by atomic mass is 9.90. The van der Waals surface area contributed by atoms with Crippen LogP contribution in [0, 0.1) is 0 Å². The van der Waals surface area contributed by atoms with Crippen molar-refractivity contribution in [3.8, 4) is 0 Å². The number of nitrogens with zero attached hydrogens (tertiary/aromatic N) is 4. The minimum Gasteiger partial charge on any atom is -0.374 e. The van der Waals surface area contributed by atoms with Gasteiger partial charge in [-0.1, -0.05) is 12.8 Å². The number of nitrogens with one attached hydrogen (secondary N) is 1. The highest BCUT2D eigenvalue weighted by molar-refractivity contribution is 6.28. The van der Waals surface area contributed by atoms with Crippen LogP contribution >= 0.6 is 11.6 Å². The molecule has 0 aromatic carbocycles. The summed E-state index contributed by atoms with van der Waals surface area (Å²) < 4.78 is 5.92. The van der Waals surface area contributed by atoms with Gasteiger partial charge < -0.3 is 9.64 Å². The Kier molecular flexibility index (Phi) is 3.00. The maximum atomic E-state index is 6.05. The number of aromatic amines is 1. The van der Waals surface area contributed by atoms with E-state index in [1.54, 1.807) is 6.20 Å². The summed E-state index contributed by atoms with van der Waals surface area (Å²) >= 11 is 6.05. The van der Waals surface area contributed by atoms with E-state index in [9.17, 15) is 0 Å². The second kappa shape index (κ2) is 4.86. The van der Waals surface area contributed by atoms with E-state index in [1.165, 1.54) is 12.8 Å². The second-order valence-electron chi connectivity index (χ2n) is 5.40. The number of ether oxygens (including phenoxy) is 1. The molecule has 1 N–H and O–H groups in total. The molecule has 0 radical (unpaired) electrons. The predicted octanol–water partition coefficient (Wildman–Crippen LogP) is 2.15. The molecule has 2 unspecified atom stereocenters. The van der Waals surface area contributed by atoms with Gasteiger partial charge in [0.05, 0.1) is 30.3 Å². The normalized spacial score (nSPS) is 26.8. The minimum atomic E-state index is 0.260. The van der Waals surface area contributed by atoms with Gasteiger partial charge in [-0.25, -0.2) is 0 Å². The van der Waals surface area contributed by atoms with Crippen molar-refractivity contribution in [1.82, 2.24) is 20.2 Å². The molecule has 20 heavy (non-hydrogen) atoms.